The van der Waals surface area contributed by atoms with Gasteiger partial charge in [-0.2, -0.15) is 0 Å². The number of benzene rings is 1. The lowest BCUT2D eigenvalue weighted by Gasteiger charge is -2.07. The van der Waals surface area contributed by atoms with Gasteiger partial charge in [0.2, 0.25) is 0 Å². The second-order valence-electron chi connectivity index (χ2n) is 3.84. The monoisotopic (exact) mass is 215 g/mol. The molecule has 0 amide bonds. The van der Waals surface area contributed by atoms with E-state index in [-0.39, 0.29) is 0 Å². The van der Waals surface area contributed by atoms with Gasteiger partial charge in [0.1, 0.15) is 0 Å². The highest BCUT2D eigenvalue weighted by atomic mass is 15.1. The second-order valence-corrected chi connectivity index (χ2v) is 3.84. The molecule has 0 fully saturated rings. The summed E-state index contributed by atoms with van der Waals surface area (Å²) >= 11 is 0. The summed E-state index contributed by atoms with van der Waals surface area (Å²) in [6.45, 7) is 1.86. The van der Waals surface area contributed by atoms with E-state index in [0.29, 0.717) is 0 Å². The lowest BCUT2D eigenvalue weighted by molar-refractivity contribution is 0.637. The van der Waals surface area contributed by atoms with E-state index in [1.54, 1.807) is 0 Å². The number of nitrogens with one attached hydrogen (secondary N) is 1. The molecule has 1 aromatic carbocycles. The predicted octanol–water partition coefficient (Wildman–Crippen LogP) is 1.85. The molecule has 0 saturated carbocycles. The third kappa shape index (κ3) is 2.70. The average Bonchev–Trinajstić information content (AvgIpc) is 2.76. The Morgan fingerprint density at radius 1 is 1.25 bits per heavy atom. The quantitative estimate of drug-likeness (QED) is 0.825. The molecule has 0 aliphatic rings. The first kappa shape index (κ1) is 10.9. The van der Waals surface area contributed by atoms with Gasteiger partial charge in [0.25, 0.3) is 0 Å². The highest BCUT2D eigenvalue weighted by Gasteiger charge is 2.00. The van der Waals surface area contributed by atoms with Crippen molar-refractivity contribution in [1.29, 1.82) is 0 Å². The summed E-state index contributed by atoms with van der Waals surface area (Å²) in [6, 6.07) is 10.5. The van der Waals surface area contributed by atoms with E-state index in [2.05, 4.69) is 39.1 Å². The fraction of sp³-hybridized carbons (Fsp3) is 0.308. The van der Waals surface area contributed by atoms with Gasteiger partial charge >= 0.3 is 0 Å². The summed E-state index contributed by atoms with van der Waals surface area (Å²) in [5, 5.41) is 3.15. The number of aromatic nitrogens is 2. The standard InChI is InChI=1S/C13H17N3/c1-14-9-13-10-15-11-16(13)8-7-12-5-3-2-4-6-12/h2-6,10-11,14H,7-9H2,1H3. The van der Waals surface area contributed by atoms with Crippen LogP contribution in [0.3, 0.4) is 0 Å². The van der Waals surface area contributed by atoms with Crippen LogP contribution in [0.4, 0.5) is 0 Å². The SMILES string of the molecule is CNCc1cncn1CCc1ccccc1. The Labute approximate surface area is 96.1 Å². The molecule has 1 heterocycles. The minimum absolute atomic E-state index is 0.870. The van der Waals surface area contributed by atoms with Gasteiger partial charge in [0, 0.05) is 19.3 Å². The predicted molar refractivity (Wildman–Crippen MR) is 65.1 cm³/mol. The van der Waals surface area contributed by atoms with Crippen molar-refractivity contribution in [2.24, 2.45) is 0 Å². The van der Waals surface area contributed by atoms with Crippen LogP contribution in [0.15, 0.2) is 42.9 Å². The molecule has 16 heavy (non-hydrogen) atoms. The zero-order chi connectivity index (χ0) is 11.2. The van der Waals surface area contributed by atoms with E-state index in [1.165, 1.54) is 11.3 Å². The Balaban J connectivity index is 1.97. The lowest BCUT2D eigenvalue weighted by Crippen LogP contribution is -2.11. The number of rotatable bonds is 5. The van der Waals surface area contributed by atoms with Crippen LogP contribution < -0.4 is 5.32 Å². The molecule has 0 aliphatic heterocycles. The third-order valence-corrected chi connectivity index (χ3v) is 2.64. The van der Waals surface area contributed by atoms with Crippen LogP contribution >= 0.6 is 0 Å². The molecule has 0 aliphatic carbocycles. The molecular formula is C13H17N3. The van der Waals surface area contributed by atoms with Crippen molar-refractivity contribution in [2.45, 2.75) is 19.5 Å². The molecule has 0 radical (unpaired) electrons. The van der Waals surface area contributed by atoms with Crippen molar-refractivity contribution in [3.05, 3.63) is 54.1 Å². The van der Waals surface area contributed by atoms with Gasteiger partial charge in [-0.1, -0.05) is 30.3 Å². The minimum Gasteiger partial charge on any atom is -0.333 e. The largest absolute Gasteiger partial charge is 0.333 e. The van der Waals surface area contributed by atoms with Crippen molar-refractivity contribution in [1.82, 2.24) is 14.9 Å². The lowest BCUT2D eigenvalue weighted by atomic mass is 10.1. The number of imidazole rings is 1. The molecular weight excluding hydrogens is 198 g/mol. The van der Waals surface area contributed by atoms with Crippen LogP contribution in [0.25, 0.3) is 0 Å². The van der Waals surface area contributed by atoms with Crippen molar-refractivity contribution < 1.29 is 0 Å². The molecule has 0 spiro atoms. The molecule has 3 nitrogen and oxygen atoms in total. The van der Waals surface area contributed by atoms with Crippen molar-refractivity contribution in [3.63, 3.8) is 0 Å². The third-order valence-electron chi connectivity index (χ3n) is 2.64. The topological polar surface area (TPSA) is 29.9 Å². The van der Waals surface area contributed by atoms with Crippen LogP contribution in [0, 0.1) is 0 Å². The van der Waals surface area contributed by atoms with Crippen LogP contribution in [0.5, 0.6) is 0 Å². The maximum atomic E-state index is 4.18. The Bertz CT molecular complexity index is 420. The van der Waals surface area contributed by atoms with Crippen molar-refractivity contribution in [3.8, 4) is 0 Å². The van der Waals surface area contributed by atoms with E-state index in [9.17, 15) is 0 Å². The fourth-order valence-electron chi connectivity index (χ4n) is 1.77. The zero-order valence-corrected chi connectivity index (χ0v) is 9.56. The molecule has 0 bridgehead atoms. The van der Waals surface area contributed by atoms with Gasteiger partial charge in [-0.3, -0.25) is 0 Å². The Morgan fingerprint density at radius 3 is 2.81 bits per heavy atom. The van der Waals surface area contributed by atoms with Gasteiger partial charge in [0.05, 0.1) is 12.0 Å². The maximum absolute atomic E-state index is 4.18. The van der Waals surface area contributed by atoms with Gasteiger partial charge < -0.3 is 9.88 Å². The maximum Gasteiger partial charge on any atom is 0.0948 e. The minimum atomic E-state index is 0.870. The van der Waals surface area contributed by atoms with E-state index in [4.69, 9.17) is 0 Å². The molecule has 1 aromatic heterocycles. The Hall–Kier alpha value is -1.61. The van der Waals surface area contributed by atoms with Crippen molar-refractivity contribution in [2.75, 3.05) is 7.05 Å². The average molecular weight is 215 g/mol. The highest BCUT2D eigenvalue weighted by molar-refractivity contribution is 5.14. The number of aryl methyl sites for hydroxylation is 2. The Morgan fingerprint density at radius 2 is 2.06 bits per heavy atom. The molecule has 3 heteroatoms. The molecule has 0 atom stereocenters. The number of hydrogen-bond acceptors (Lipinski definition) is 2. The van der Waals surface area contributed by atoms with Crippen LogP contribution in [0.2, 0.25) is 0 Å². The summed E-state index contributed by atoms with van der Waals surface area (Å²) in [4.78, 5) is 4.18. The van der Waals surface area contributed by atoms with E-state index >= 15 is 0 Å². The normalized spacial score (nSPS) is 10.6. The second kappa shape index (κ2) is 5.47. The van der Waals surface area contributed by atoms with Crippen LogP contribution in [-0.2, 0) is 19.5 Å². The van der Waals surface area contributed by atoms with E-state index in [1.807, 2.05) is 25.6 Å². The first-order valence-electron chi connectivity index (χ1n) is 5.57. The zero-order valence-electron chi connectivity index (χ0n) is 9.56. The van der Waals surface area contributed by atoms with Crippen LogP contribution in [-0.4, -0.2) is 16.6 Å². The first-order chi connectivity index (χ1) is 7.90. The van der Waals surface area contributed by atoms with E-state index in [0.717, 1.165) is 19.5 Å². The molecule has 0 unspecified atom stereocenters. The summed E-state index contributed by atoms with van der Waals surface area (Å²) in [5.74, 6) is 0. The first-order valence-corrected chi connectivity index (χ1v) is 5.57. The van der Waals surface area contributed by atoms with Crippen molar-refractivity contribution >= 4 is 0 Å². The summed E-state index contributed by atoms with van der Waals surface area (Å²) in [6.07, 6.45) is 4.87. The van der Waals surface area contributed by atoms with Crippen LogP contribution in [0.1, 0.15) is 11.3 Å². The fourth-order valence-corrected chi connectivity index (χ4v) is 1.77. The molecule has 84 valence electrons. The number of nitrogens with zero attached hydrogens (tertiary/aromatic N) is 2. The van der Waals surface area contributed by atoms with Gasteiger partial charge in [0.15, 0.2) is 0 Å². The molecule has 2 rings (SSSR count). The summed E-state index contributed by atoms with van der Waals surface area (Å²) in [7, 11) is 1.95. The highest BCUT2D eigenvalue weighted by Crippen LogP contribution is 2.04. The molecule has 1 N–H and O–H groups in total. The summed E-state index contributed by atoms with van der Waals surface area (Å²) in [5.41, 5.74) is 2.60. The number of hydrogen-bond donors (Lipinski definition) is 1. The Kier molecular flexibility index (Phi) is 3.72. The smallest absolute Gasteiger partial charge is 0.0948 e. The summed E-state index contributed by atoms with van der Waals surface area (Å²) < 4.78 is 2.20. The molecule has 0 saturated heterocycles. The van der Waals surface area contributed by atoms with Gasteiger partial charge in [-0.15, -0.1) is 0 Å². The van der Waals surface area contributed by atoms with Gasteiger partial charge in [-0.05, 0) is 19.0 Å². The van der Waals surface area contributed by atoms with Gasteiger partial charge in [-0.25, -0.2) is 4.98 Å². The molecule has 2 aromatic rings. The van der Waals surface area contributed by atoms with E-state index < -0.39 is 0 Å².